The summed E-state index contributed by atoms with van der Waals surface area (Å²) in [5.41, 5.74) is 7.13. The highest BCUT2D eigenvalue weighted by molar-refractivity contribution is 5.98. The van der Waals surface area contributed by atoms with Crippen molar-refractivity contribution in [3.8, 4) is 0 Å². The van der Waals surface area contributed by atoms with Crippen LogP contribution < -0.4 is 5.73 Å². The van der Waals surface area contributed by atoms with E-state index in [1.165, 1.54) is 0 Å². The van der Waals surface area contributed by atoms with Gasteiger partial charge >= 0.3 is 0 Å². The van der Waals surface area contributed by atoms with Gasteiger partial charge < -0.3 is 10.5 Å². The summed E-state index contributed by atoms with van der Waals surface area (Å²) in [6, 6.07) is 9.70. The molecule has 0 aliphatic carbocycles. The van der Waals surface area contributed by atoms with E-state index in [-0.39, 0.29) is 0 Å². The number of benzene rings is 1. The Balaban J connectivity index is 2.43. The summed E-state index contributed by atoms with van der Waals surface area (Å²) in [5.74, 6) is -0.169. The number of primary amides is 1. The maximum atomic E-state index is 11.0. The Bertz CT molecular complexity index is 382. The van der Waals surface area contributed by atoms with Crippen molar-refractivity contribution >= 4 is 11.5 Å². The van der Waals surface area contributed by atoms with Gasteiger partial charge in [-0.25, -0.2) is 0 Å². The van der Waals surface area contributed by atoms with Crippen LogP contribution in [0.5, 0.6) is 0 Å². The molecule has 0 saturated carbocycles. The average molecular weight is 189 g/mol. The zero-order valence-electron chi connectivity index (χ0n) is 7.69. The summed E-state index contributed by atoms with van der Waals surface area (Å²) >= 11 is 0. The van der Waals surface area contributed by atoms with Crippen molar-refractivity contribution in [3.05, 3.63) is 41.7 Å². The van der Waals surface area contributed by atoms with E-state index < -0.39 is 5.91 Å². The molecular formula is C11H11NO2. The molecule has 2 N–H and O–H groups in total. The van der Waals surface area contributed by atoms with E-state index in [1.807, 2.05) is 30.3 Å². The highest BCUT2D eigenvalue weighted by Gasteiger charge is 2.21. The molecule has 0 fully saturated rings. The molecule has 0 spiro atoms. The van der Waals surface area contributed by atoms with Crippen molar-refractivity contribution in [2.75, 3.05) is 6.61 Å². The van der Waals surface area contributed by atoms with Gasteiger partial charge in [0, 0.05) is 12.0 Å². The first kappa shape index (κ1) is 8.81. The Morgan fingerprint density at radius 1 is 1.29 bits per heavy atom. The Kier molecular flexibility index (Phi) is 2.23. The molecule has 14 heavy (non-hydrogen) atoms. The second-order valence-corrected chi connectivity index (χ2v) is 3.14. The number of amides is 1. The Morgan fingerprint density at radius 3 is 2.64 bits per heavy atom. The van der Waals surface area contributed by atoms with Crippen molar-refractivity contribution in [2.24, 2.45) is 5.73 Å². The van der Waals surface area contributed by atoms with E-state index in [0.717, 1.165) is 17.6 Å². The lowest BCUT2D eigenvalue weighted by atomic mass is 10.0. The van der Waals surface area contributed by atoms with E-state index in [9.17, 15) is 4.79 Å². The lowest BCUT2D eigenvalue weighted by Gasteiger charge is -2.02. The van der Waals surface area contributed by atoms with Crippen molar-refractivity contribution < 1.29 is 9.53 Å². The minimum atomic E-state index is -0.485. The smallest absolute Gasteiger partial charge is 0.284 e. The Hall–Kier alpha value is -1.77. The monoisotopic (exact) mass is 189 g/mol. The summed E-state index contributed by atoms with van der Waals surface area (Å²) in [7, 11) is 0. The molecule has 1 heterocycles. The Labute approximate surface area is 82.2 Å². The van der Waals surface area contributed by atoms with Gasteiger partial charge in [-0.1, -0.05) is 30.3 Å². The first-order valence-corrected chi connectivity index (χ1v) is 4.50. The maximum absolute atomic E-state index is 11.0. The number of hydrogen-bond acceptors (Lipinski definition) is 2. The summed E-state index contributed by atoms with van der Waals surface area (Å²) < 4.78 is 5.19. The van der Waals surface area contributed by atoms with Gasteiger partial charge in [-0.2, -0.15) is 0 Å². The molecule has 3 heteroatoms. The summed E-state index contributed by atoms with van der Waals surface area (Å²) in [6.07, 6.45) is 0.752. The number of ether oxygens (including phenoxy) is 1. The summed E-state index contributed by atoms with van der Waals surface area (Å²) in [4.78, 5) is 11.0. The zero-order valence-corrected chi connectivity index (χ0v) is 7.69. The lowest BCUT2D eigenvalue weighted by Crippen LogP contribution is -2.14. The normalized spacial score (nSPS) is 15.4. The molecule has 0 aromatic heterocycles. The predicted molar refractivity (Wildman–Crippen MR) is 53.1 cm³/mol. The topological polar surface area (TPSA) is 52.3 Å². The van der Waals surface area contributed by atoms with Gasteiger partial charge in [0.05, 0.1) is 6.61 Å². The molecule has 0 bridgehead atoms. The number of nitrogens with two attached hydrogens (primary N) is 1. The van der Waals surface area contributed by atoms with Crippen LogP contribution in [0.2, 0.25) is 0 Å². The summed E-state index contributed by atoms with van der Waals surface area (Å²) in [5, 5.41) is 0. The third kappa shape index (κ3) is 1.48. The van der Waals surface area contributed by atoms with Crippen molar-refractivity contribution in [3.63, 3.8) is 0 Å². The minimum Gasteiger partial charge on any atom is -0.487 e. The number of rotatable bonds is 2. The van der Waals surface area contributed by atoms with Crippen LogP contribution >= 0.6 is 0 Å². The highest BCUT2D eigenvalue weighted by Crippen LogP contribution is 2.28. The molecule has 0 unspecified atom stereocenters. The molecule has 0 atom stereocenters. The molecule has 72 valence electrons. The molecule has 0 radical (unpaired) electrons. The summed E-state index contributed by atoms with van der Waals surface area (Å²) in [6.45, 7) is 0.544. The maximum Gasteiger partial charge on any atom is 0.284 e. The first-order valence-electron chi connectivity index (χ1n) is 4.50. The van der Waals surface area contributed by atoms with Gasteiger partial charge in [0.15, 0.2) is 5.76 Å². The molecule has 2 rings (SSSR count). The molecular weight excluding hydrogens is 178 g/mol. The minimum absolute atomic E-state index is 0.316. The van der Waals surface area contributed by atoms with Crippen LogP contribution in [0.15, 0.2) is 36.1 Å². The zero-order chi connectivity index (χ0) is 9.97. The SMILES string of the molecule is NC(=O)C1=C(c2ccccc2)CCO1. The quantitative estimate of drug-likeness (QED) is 0.762. The fraction of sp³-hybridized carbons (Fsp3) is 0.182. The van der Waals surface area contributed by atoms with Crippen LogP contribution in [0, 0.1) is 0 Å². The largest absolute Gasteiger partial charge is 0.487 e. The third-order valence-corrected chi connectivity index (χ3v) is 2.22. The van der Waals surface area contributed by atoms with E-state index in [2.05, 4.69) is 0 Å². The standard InChI is InChI=1S/C11H11NO2/c12-11(13)10-9(6-7-14-10)8-4-2-1-3-5-8/h1-5H,6-7H2,(H2,12,13). The fourth-order valence-electron chi connectivity index (χ4n) is 1.59. The first-order chi connectivity index (χ1) is 6.79. The number of carbonyl (C=O) groups excluding carboxylic acids is 1. The van der Waals surface area contributed by atoms with Gasteiger partial charge in [0.1, 0.15) is 0 Å². The molecule has 1 aromatic rings. The molecule has 1 amide bonds. The van der Waals surface area contributed by atoms with Crippen molar-refractivity contribution in [1.82, 2.24) is 0 Å². The molecule has 1 aliphatic rings. The van der Waals surface area contributed by atoms with Gasteiger partial charge in [-0.05, 0) is 5.56 Å². The molecule has 1 aromatic carbocycles. The van der Waals surface area contributed by atoms with E-state index in [1.54, 1.807) is 0 Å². The van der Waals surface area contributed by atoms with Gasteiger partial charge in [0.2, 0.25) is 0 Å². The second-order valence-electron chi connectivity index (χ2n) is 3.14. The van der Waals surface area contributed by atoms with Crippen molar-refractivity contribution in [1.29, 1.82) is 0 Å². The molecule has 1 aliphatic heterocycles. The fourth-order valence-corrected chi connectivity index (χ4v) is 1.59. The van der Waals surface area contributed by atoms with Crippen LogP contribution in [0.3, 0.4) is 0 Å². The number of hydrogen-bond donors (Lipinski definition) is 1. The van der Waals surface area contributed by atoms with Crippen LogP contribution in [-0.4, -0.2) is 12.5 Å². The highest BCUT2D eigenvalue weighted by atomic mass is 16.5. The van der Waals surface area contributed by atoms with Gasteiger partial charge in [0.25, 0.3) is 5.91 Å². The lowest BCUT2D eigenvalue weighted by molar-refractivity contribution is -0.117. The van der Waals surface area contributed by atoms with Crippen LogP contribution in [0.4, 0.5) is 0 Å². The van der Waals surface area contributed by atoms with E-state index in [0.29, 0.717) is 12.4 Å². The Morgan fingerprint density at radius 2 is 2.00 bits per heavy atom. The predicted octanol–water partition coefficient (Wildman–Crippen LogP) is 1.30. The van der Waals surface area contributed by atoms with Crippen LogP contribution in [0.1, 0.15) is 12.0 Å². The number of carbonyl (C=O) groups is 1. The second kappa shape index (κ2) is 3.54. The van der Waals surface area contributed by atoms with Gasteiger partial charge in [-0.15, -0.1) is 0 Å². The molecule has 3 nitrogen and oxygen atoms in total. The van der Waals surface area contributed by atoms with Gasteiger partial charge in [-0.3, -0.25) is 4.79 Å². The van der Waals surface area contributed by atoms with Crippen LogP contribution in [-0.2, 0) is 9.53 Å². The van der Waals surface area contributed by atoms with Crippen molar-refractivity contribution in [2.45, 2.75) is 6.42 Å². The molecule has 0 saturated heterocycles. The van der Waals surface area contributed by atoms with E-state index in [4.69, 9.17) is 10.5 Å². The average Bonchev–Trinajstić information content (AvgIpc) is 2.67. The van der Waals surface area contributed by atoms with E-state index >= 15 is 0 Å². The van der Waals surface area contributed by atoms with Crippen LogP contribution in [0.25, 0.3) is 5.57 Å². The third-order valence-electron chi connectivity index (χ3n) is 2.22.